The molecule has 0 aromatic heterocycles. The number of halogens is 2. The minimum absolute atomic E-state index is 0.534. The lowest BCUT2D eigenvalue weighted by molar-refractivity contribution is 0.259. The van der Waals surface area contributed by atoms with Crippen molar-refractivity contribution in [3.63, 3.8) is 0 Å². The Hall–Kier alpha value is -5.89. The molecule has 0 saturated carbocycles. The maximum atomic E-state index is 6.30. The van der Waals surface area contributed by atoms with E-state index in [-0.39, 0.29) is 0 Å². The summed E-state index contributed by atoms with van der Waals surface area (Å²) in [7, 11) is 0. The van der Waals surface area contributed by atoms with E-state index >= 15 is 0 Å². The van der Waals surface area contributed by atoms with Gasteiger partial charge in [-0.25, -0.2) is 0 Å². The van der Waals surface area contributed by atoms with Crippen LogP contribution in [0.15, 0.2) is 155 Å². The molecule has 296 valence electrons. The van der Waals surface area contributed by atoms with E-state index in [2.05, 4.69) is 29.0 Å². The number of nitrogens with zero attached hydrogens (tertiary/aromatic N) is 3. The van der Waals surface area contributed by atoms with Crippen molar-refractivity contribution in [2.24, 2.45) is 15.0 Å². The molecule has 0 unspecified atom stereocenters. The Morgan fingerprint density at radius 3 is 1.29 bits per heavy atom. The first-order valence-electron chi connectivity index (χ1n) is 19.6. The first-order chi connectivity index (χ1) is 28.5. The van der Waals surface area contributed by atoms with Gasteiger partial charge < -0.3 is 18.9 Å². The first kappa shape index (κ1) is 41.7. The van der Waals surface area contributed by atoms with Crippen molar-refractivity contribution in [1.29, 1.82) is 0 Å². The zero-order chi connectivity index (χ0) is 40.2. The van der Waals surface area contributed by atoms with Crippen LogP contribution < -0.4 is 18.9 Å². The van der Waals surface area contributed by atoms with Crippen LogP contribution in [0.5, 0.6) is 23.0 Å². The van der Waals surface area contributed by atoms with Crippen molar-refractivity contribution in [1.82, 2.24) is 0 Å². The van der Waals surface area contributed by atoms with Crippen molar-refractivity contribution in [3.05, 3.63) is 172 Å². The topological polar surface area (TPSA) is 74.0 Å². The van der Waals surface area contributed by atoms with Crippen molar-refractivity contribution >= 4 is 58.9 Å². The second-order valence-corrected chi connectivity index (χ2v) is 14.3. The predicted molar refractivity (Wildman–Crippen MR) is 240 cm³/mol. The fraction of sp³-hybridized carbons (Fsp3) is 0.204. The molecule has 6 aromatic rings. The third-order valence-corrected chi connectivity index (χ3v) is 9.47. The lowest BCUT2D eigenvalue weighted by Crippen LogP contribution is -2.05. The summed E-state index contributed by atoms with van der Waals surface area (Å²) in [6, 6.07) is 44.8. The highest BCUT2D eigenvalue weighted by Crippen LogP contribution is 2.26. The molecular weight excluding hydrogens is 765 g/mol. The van der Waals surface area contributed by atoms with Crippen LogP contribution in [0.2, 0.25) is 10.0 Å². The Morgan fingerprint density at radius 1 is 0.431 bits per heavy atom. The van der Waals surface area contributed by atoms with Gasteiger partial charge >= 0.3 is 0 Å². The van der Waals surface area contributed by atoms with Gasteiger partial charge in [0.05, 0.1) is 43.5 Å². The van der Waals surface area contributed by atoms with Gasteiger partial charge in [-0.05, 0) is 170 Å². The van der Waals surface area contributed by atoms with Crippen LogP contribution in [-0.4, -0.2) is 45.1 Å². The number of ether oxygens (including phenoxy) is 4. The minimum atomic E-state index is 0.534. The maximum Gasteiger partial charge on any atom is 0.131 e. The summed E-state index contributed by atoms with van der Waals surface area (Å²) in [4.78, 5) is 13.7. The predicted octanol–water partition coefficient (Wildman–Crippen LogP) is 13.3. The quantitative estimate of drug-likeness (QED) is 0.0536. The summed E-state index contributed by atoms with van der Waals surface area (Å²) in [5, 5.41) is 1.39. The zero-order valence-corrected chi connectivity index (χ0v) is 34.1. The third kappa shape index (κ3) is 14.2. The molecule has 7 nitrogen and oxygen atoms in total. The monoisotopic (exact) mass is 811 g/mol. The van der Waals surface area contributed by atoms with Gasteiger partial charge in [-0.3, -0.25) is 15.0 Å². The van der Waals surface area contributed by atoms with E-state index in [1.54, 1.807) is 0 Å². The molecule has 9 heteroatoms. The maximum absolute atomic E-state index is 6.30. The second-order valence-electron chi connectivity index (χ2n) is 13.4. The number of aryl methyl sites for hydroxylation is 1. The SMILES string of the molecule is CCc1ccc(N=Cc2ccc(OCCCCOc3ccc(C=Nc4ccc(Cl)cc4)cc3)cc2OCCCCOc2ccc(C=Nc3ccc(Cl)cc3)cc2)cc1. The highest BCUT2D eigenvalue weighted by molar-refractivity contribution is 6.30. The van der Waals surface area contributed by atoms with Crippen LogP contribution in [0.4, 0.5) is 17.1 Å². The van der Waals surface area contributed by atoms with Crippen molar-refractivity contribution in [3.8, 4) is 23.0 Å². The van der Waals surface area contributed by atoms with Gasteiger partial charge in [0.2, 0.25) is 0 Å². The van der Waals surface area contributed by atoms with Crippen molar-refractivity contribution in [2.45, 2.75) is 39.0 Å². The number of benzene rings is 6. The molecule has 0 radical (unpaired) electrons. The van der Waals surface area contributed by atoms with E-state index in [4.69, 9.17) is 47.1 Å². The molecule has 0 fully saturated rings. The van der Waals surface area contributed by atoms with Crippen LogP contribution in [0.1, 0.15) is 54.9 Å². The molecule has 58 heavy (non-hydrogen) atoms. The summed E-state index contributed by atoms with van der Waals surface area (Å²) in [5.41, 5.74) is 6.74. The Morgan fingerprint density at radius 2 is 0.828 bits per heavy atom. The van der Waals surface area contributed by atoms with Crippen LogP contribution in [-0.2, 0) is 6.42 Å². The summed E-state index contributed by atoms with van der Waals surface area (Å²) in [6.07, 6.45) is 9.86. The van der Waals surface area contributed by atoms with E-state index in [1.807, 2.05) is 146 Å². The fourth-order valence-electron chi connectivity index (χ4n) is 5.61. The number of unbranched alkanes of at least 4 members (excludes halogenated alkanes) is 2. The smallest absolute Gasteiger partial charge is 0.131 e. The molecule has 0 saturated heterocycles. The molecule has 0 heterocycles. The van der Waals surface area contributed by atoms with Crippen LogP contribution in [0, 0.1) is 0 Å². The Bertz CT molecular complexity index is 2220. The highest BCUT2D eigenvalue weighted by atomic mass is 35.5. The van der Waals surface area contributed by atoms with Gasteiger partial charge in [-0.2, -0.15) is 0 Å². The van der Waals surface area contributed by atoms with Gasteiger partial charge in [0.25, 0.3) is 0 Å². The lowest BCUT2D eigenvalue weighted by atomic mass is 10.1. The fourth-order valence-corrected chi connectivity index (χ4v) is 5.86. The standard InChI is InChI=1S/C49H47Cl2N3O4/c1-2-37-7-18-43(19-8-37)54-36-40-13-28-48(57-31-4-3-29-55-46-24-9-38(10-25-46)34-52-44-20-14-41(50)15-21-44)33-49(40)58-32-6-5-30-56-47-26-11-39(12-27-47)35-53-45-22-16-42(51)17-23-45/h7-28,33-36H,2-6,29-32H2,1H3. The summed E-state index contributed by atoms with van der Waals surface area (Å²) >= 11 is 11.9. The number of rotatable bonds is 21. The van der Waals surface area contributed by atoms with Gasteiger partial charge in [0, 0.05) is 40.3 Å². The molecule has 6 aromatic carbocycles. The molecule has 0 aliphatic heterocycles. The van der Waals surface area contributed by atoms with E-state index in [0.29, 0.717) is 36.5 Å². The Kier molecular flexibility index (Phi) is 16.4. The molecule has 6 rings (SSSR count). The zero-order valence-electron chi connectivity index (χ0n) is 32.6. The molecule has 0 aliphatic rings. The largest absolute Gasteiger partial charge is 0.494 e. The Labute approximate surface area is 351 Å². The minimum Gasteiger partial charge on any atom is -0.494 e. The average Bonchev–Trinajstić information content (AvgIpc) is 3.26. The van der Waals surface area contributed by atoms with Gasteiger partial charge in [0.15, 0.2) is 0 Å². The number of hydrogen-bond acceptors (Lipinski definition) is 7. The van der Waals surface area contributed by atoms with E-state index in [9.17, 15) is 0 Å². The Balaban J connectivity index is 0.938. The molecule has 0 spiro atoms. The second kappa shape index (κ2) is 22.7. The molecule has 0 atom stereocenters. The van der Waals surface area contributed by atoms with Gasteiger partial charge in [0.1, 0.15) is 23.0 Å². The average molecular weight is 813 g/mol. The van der Waals surface area contributed by atoms with Crippen LogP contribution in [0.25, 0.3) is 0 Å². The molecule has 0 bridgehead atoms. The normalized spacial score (nSPS) is 11.4. The van der Waals surface area contributed by atoms with E-state index in [1.165, 1.54) is 5.56 Å². The van der Waals surface area contributed by atoms with Crippen molar-refractivity contribution in [2.75, 3.05) is 26.4 Å². The first-order valence-corrected chi connectivity index (χ1v) is 20.3. The number of aliphatic imine (C=N–C) groups is 3. The number of hydrogen-bond donors (Lipinski definition) is 0. The summed E-state index contributed by atoms with van der Waals surface area (Å²) < 4.78 is 24.4. The molecule has 0 aliphatic carbocycles. The van der Waals surface area contributed by atoms with Gasteiger partial charge in [-0.15, -0.1) is 0 Å². The van der Waals surface area contributed by atoms with Crippen LogP contribution in [0.3, 0.4) is 0 Å². The highest BCUT2D eigenvalue weighted by Gasteiger charge is 2.07. The lowest BCUT2D eigenvalue weighted by Gasteiger charge is -2.13. The van der Waals surface area contributed by atoms with E-state index < -0.39 is 0 Å². The molecular formula is C49H47Cl2N3O4. The molecule has 0 N–H and O–H groups in total. The molecule has 0 amide bonds. The third-order valence-electron chi connectivity index (χ3n) is 8.96. The van der Waals surface area contributed by atoms with Crippen molar-refractivity contribution < 1.29 is 18.9 Å². The van der Waals surface area contributed by atoms with E-state index in [0.717, 1.165) is 88.9 Å². The van der Waals surface area contributed by atoms with Crippen LogP contribution >= 0.6 is 23.2 Å². The summed E-state index contributed by atoms with van der Waals surface area (Å²) in [6.45, 7) is 4.42. The summed E-state index contributed by atoms with van der Waals surface area (Å²) in [5.74, 6) is 3.12. The van der Waals surface area contributed by atoms with Gasteiger partial charge in [-0.1, -0.05) is 42.3 Å².